The van der Waals surface area contributed by atoms with E-state index in [0.29, 0.717) is 17.7 Å². The van der Waals surface area contributed by atoms with Crippen molar-refractivity contribution in [2.75, 3.05) is 6.54 Å². The standard InChI is InChI=1S/C14H15NO3/c1-13(2)14(3,18-13)8-15-11(16)9-6-4-5-7-10(9)12(15)17/h4-7H,8H2,1-3H3. The van der Waals surface area contributed by atoms with Crippen molar-refractivity contribution < 1.29 is 14.3 Å². The second-order valence-corrected chi connectivity index (χ2v) is 5.59. The maximum Gasteiger partial charge on any atom is 0.261 e. The van der Waals surface area contributed by atoms with Crippen molar-refractivity contribution in [1.82, 2.24) is 4.90 Å². The van der Waals surface area contributed by atoms with Crippen LogP contribution in [0.25, 0.3) is 0 Å². The lowest BCUT2D eigenvalue weighted by Gasteiger charge is -2.18. The molecule has 1 aromatic rings. The number of hydrogen-bond acceptors (Lipinski definition) is 3. The zero-order valence-corrected chi connectivity index (χ0v) is 10.7. The third kappa shape index (κ3) is 1.35. The van der Waals surface area contributed by atoms with Gasteiger partial charge in [0, 0.05) is 0 Å². The molecule has 1 unspecified atom stereocenters. The molecule has 1 aromatic carbocycles. The monoisotopic (exact) mass is 245 g/mol. The zero-order valence-electron chi connectivity index (χ0n) is 10.7. The topological polar surface area (TPSA) is 49.9 Å². The molecule has 4 nitrogen and oxygen atoms in total. The van der Waals surface area contributed by atoms with E-state index in [4.69, 9.17) is 4.74 Å². The average Bonchev–Trinajstić information content (AvgIpc) is 2.73. The molecule has 0 aromatic heterocycles. The first kappa shape index (κ1) is 11.4. The Bertz CT molecular complexity index is 529. The van der Waals surface area contributed by atoms with Crippen molar-refractivity contribution >= 4 is 11.8 Å². The van der Waals surface area contributed by atoms with E-state index >= 15 is 0 Å². The predicted molar refractivity (Wildman–Crippen MR) is 65.4 cm³/mol. The minimum Gasteiger partial charge on any atom is -0.361 e. The SMILES string of the molecule is CC1(C)OC1(C)CN1C(=O)c2ccccc2C1=O. The number of carbonyl (C=O) groups excluding carboxylic acids is 2. The molecule has 0 bridgehead atoms. The molecule has 4 heteroatoms. The molecule has 0 N–H and O–H groups in total. The number of fused-ring (bicyclic) bond motifs is 1. The molecule has 94 valence electrons. The second-order valence-electron chi connectivity index (χ2n) is 5.59. The first-order chi connectivity index (χ1) is 8.36. The molecule has 1 atom stereocenters. The number of hydrogen-bond donors (Lipinski definition) is 0. The first-order valence-electron chi connectivity index (χ1n) is 6.01. The number of benzene rings is 1. The highest BCUT2D eigenvalue weighted by Gasteiger charge is 2.62. The van der Waals surface area contributed by atoms with Crippen molar-refractivity contribution in [2.45, 2.75) is 32.0 Å². The molecule has 0 spiro atoms. The molecule has 2 amide bonds. The second kappa shape index (κ2) is 3.20. The van der Waals surface area contributed by atoms with Crippen molar-refractivity contribution in [3.8, 4) is 0 Å². The van der Waals surface area contributed by atoms with Gasteiger partial charge in [-0.05, 0) is 32.9 Å². The molecule has 18 heavy (non-hydrogen) atoms. The van der Waals surface area contributed by atoms with Crippen LogP contribution in [0.15, 0.2) is 24.3 Å². The molecular weight excluding hydrogens is 230 g/mol. The number of rotatable bonds is 2. The zero-order chi connectivity index (χ0) is 13.1. The van der Waals surface area contributed by atoms with Gasteiger partial charge < -0.3 is 4.74 Å². The summed E-state index contributed by atoms with van der Waals surface area (Å²) in [6.07, 6.45) is 0. The van der Waals surface area contributed by atoms with Crippen LogP contribution in [0, 0.1) is 0 Å². The quantitative estimate of drug-likeness (QED) is 0.590. The van der Waals surface area contributed by atoms with Crippen LogP contribution in [0.1, 0.15) is 41.5 Å². The van der Waals surface area contributed by atoms with Crippen LogP contribution >= 0.6 is 0 Å². The van der Waals surface area contributed by atoms with Crippen molar-refractivity contribution in [1.29, 1.82) is 0 Å². The number of ether oxygens (including phenoxy) is 1. The highest BCUT2D eigenvalue weighted by Crippen LogP contribution is 2.48. The molecule has 2 aliphatic rings. The first-order valence-corrected chi connectivity index (χ1v) is 6.01. The fraction of sp³-hybridized carbons (Fsp3) is 0.429. The van der Waals surface area contributed by atoms with E-state index in [2.05, 4.69) is 0 Å². The average molecular weight is 245 g/mol. The number of carbonyl (C=O) groups is 2. The smallest absolute Gasteiger partial charge is 0.261 e. The Morgan fingerprint density at radius 1 is 1.06 bits per heavy atom. The van der Waals surface area contributed by atoms with E-state index < -0.39 is 5.60 Å². The maximum atomic E-state index is 12.2. The summed E-state index contributed by atoms with van der Waals surface area (Å²) in [5.74, 6) is -0.439. The van der Waals surface area contributed by atoms with E-state index in [0.717, 1.165) is 0 Å². The Morgan fingerprint density at radius 3 is 1.89 bits per heavy atom. The normalized spacial score (nSPS) is 28.5. The summed E-state index contributed by atoms with van der Waals surface area (Å²) in [5.41, 5.74) is 0.275. The van der Waals surface area contributed by atoms with Gasteiger partial charge in [0.2, 0.25) is 0 Å². The van der Waals surface area contributed by atoms with Crippen LogP contribution in [0.5, 0.6) is 0 Å². The summed E-state index contributed by atoms with van der Waals surface area (Å²) in [6.45, 7) is 6.17. The van der Waals surface area contributed by atoms with E-state index in [1.54, 1.807) is 24.3 Å². The van der Waals surface area contributed by atoms with E-state index in [1.165, 1.54) is 4.90 Å². The number of amides is 2. The predicted octanol–water partition coefficient (Wildman–Crippen LogP) is 1.85. The summed E-state index contributed by atoms with van der Waals surface area (Å²) in [7, 11) is 0. The van der Waals surface area contributed by atoms with Crippen molar-refractivity contribution in [3.63, 3.8) is 0 Å². The largest absolute Gasteiger partial charge is 0.361 e. The minimum absolute atomic E-state index is 0.219. The number of imide groups is 1. The lowest BCUT2D eigenvalue weighted by molar-refractivity contribution is 0.0616. The van der Waals surface area contributed by atoms with Crippen LogP contribution < -0.4 is 0 Å². The molecule has 2 aliphatic heterocycles. The molecule has 0 aliphatic carbocycles. The summed E-state index contributed by atoms with van der Waals surface area (Å²) in [5, 5.41) is 0. The molecule has 1 fully saturated rings. The Morgan fingerprint density at radius 2 is 1.50 bits per heavy atom. The molecule has 0 radical (unpaired) electrons. The van der Waals surface area contributed by atoms with Crippen LogP contribution in [-0.4, -0.2) is 34.5 Å². The van der Waals surface area contributed by atoms with Crippen LogP contribution in [-0.2, 0) is 4.74 Å². The van der Waals surface area contributed by atoms with Gasteiger partial charge >= 0.3 is 0 Å². The van der Waals surface area contributed by atoms with E-state index in [1.807, 2.05) is 20.8 Å². The Hall–Kier alpha value is -1.68. The van der Waals surface area contributed by atoms with Gasteiger partial charge in [-0.3, -0.25) is 14.5 Å². The van der Waals surface area contributed by atoms with Gasteiger partial charge in [-0.25, -0.2) is 0 Å². The highest BCUT2D eigenvalue weighted by molar-refractivity contribution is 6.21. The Kier molecular flexibility index (Phi) is 2.03. The number of nitrogens with zero attached hydrogens (tertiary/aromatic N) is 1. The fourth-order valence-electron chi connectivity index (χ4n) is 2.44. The molecule has 0 saturated carbocycles. The minimum atomic E-state index is -0.430. The molecule has 1 saturated heterocycles. The summed E-state index contributed by atoms with van der Waals surface area (Å²) >= 11 is 0. The third-order valence-electron chi connectivity index (χ3n) is 4.05. The lowest BCUT2D eigenvalue weighted by Crippen LogP contribution is -2.39. The fourth-order valence-corrected chi connectivity index (χ4v) is 2.44. The molecular formula is C14H15NO3. The van der Waals surface area contributed by atoms with Gasteiger partial charge in [-0.2, -0.15) is 0 Å². The number of epoxide rings is 1. The lowest BCUT2D eigenvalue weighted by atomic mass is 9.98. The Balaban J connectivity index is 1.90. The van der Waals surface area contributed by atoms with Crippen LogP contribution in [0.4, 0.5) is 0 Å². The van der Waals surface area contributed by atoms with E-state index in [9.17, 15) is 9.59 Å². The Labute approximate surface area is 106 Å². The summed E-state index contributed by atoms with van der Waals surface area (Å²) in [6, 6.07) is 6.92. The van der Waals surface area contributed by atoms with Gasteiger partial charge in [0.05, 0.1) is 23.3 Å². The van der Waals surface area contributed by atoms with Gasteiger partial charge in [0.25, 0.3) is 11.8 Å². The van der Waals surface area contributed by atoms with Crippen molar-refractivity contribution in [3.05, 3.63) is 35.4 Å². The van der Waals surface area contributed by atoms with Crippen molar-refractivity contribution in [2.24, 2.45) is 0 Å². The summed E-state index contributed by atoms with van der Waals surface area (Å²) < 4.78 is 5.60. The maximum absolute atomic E-state index is 12.2. The van der Waals surface area contributed by atoms with Crippen LogP contribution in [0.3, 0.4) is 0 Å². The van der Waals surface area contributed by atoms with Gasteiger partial charge in [0.1, 0.15) is 5.60 Å². The van der Waals surface area contributed by atoms with Gasteiger partial charge in [-0.15, -0.1) is 0 Å². The molecule has 2 heterocycles. The van der Waals surface area contributed by atoms with Gasteiger partial charge in [0.15, 0.2) is 0 Å². The summed E-state index contributed by atoms with van der Waals surface area (Å²) in [4.78, 5) is 25.6. The van der Waals surface area contributed by atoms with E-state index in [-0.39, 0.29) is 17.4 Å². The molecule has 3 rings (SSSR count). The third-order valence-corrected chi connectivity index (χ3v) is 4.05. The van der Waals surface area contributed by atoms with Crippen LogP contribution in [0.2, 0.25) is 0 Å². The highest BCUT2D eigenvalue weighted by atomic mass is 16.6. The van der Waals surface area contributed by atoms with Gasteiger partial charge in [-0.1, -0.05) is 12.1 Å².